The zero-order chi connectivity index (χ0) is 31.1. The number of methoxy groups -OCH3 is 1. The van der Waals surface area contributed by atoms with Crippen molar-refractivity contribution in [2.75, 3.05) is 25.7 Å². The van der Waals surface area contributed by atoms with E-state index in [4.69, 9.17) is 28.7 Å². The number of pyridine rings is 1. The number of carbonyl (C=O) groups is 1. The lowest BCUT2D eigenvalue weighted by molar-refractivity contribution is -0.0718. The molecule has 1 aliphatic heterocycles. The van der Waals surface area contributed by atoms with Gasteiger partial charge in [-0.1, -0.05) is 18.2 Å². The molecule has 1 amide bonds. The first kappa shape index (κ1) is 28.3. The van der Waals surface area contributed by atoms with Gasteiger partial charge in [-0.05, 0) is 61.4 Å². The summed E-state index contributed by atoms with van der Waals surface area (Å²) < 4.78 is 29.7. The zero-order valence-corrected chi connectivity index (χ0v) is 25.6. The topological polar surface area (TPSA) is 118 Å². The van der Waals surface area contributed by atoms with Crippen LogP contribution in [0.2, 0.25) is 0 Å². The van der Waals surface area contributed by atoms with E-state index < -0.39 is 12.4 Å². The fourth-order valence-electron chi connectivity index (χ4n) is 4.96. The van der Waals surface area contributed by atoms with Gasteiger partial charge < -0.3 is 23.7 Å². The highest BCUT2D eigenvalue weighted by atomic mass is 32.1. The SMILES string of the molecule is COc1cnc2c(-c3nc4c(C)cc5c(c4s3)OCC(OC(=O)N(C)c3ccc(Oc4ccccc4)nc3)O5)cc(C)cc2n1. The van der Waals surface area contributed by atoms with Crippen LogP contribution in [0.25, 0.3) is 31.8 Å². The number of hydrogen-bond donors (Lipinski definition) is 0. The molecular formula is C33H27N5O6S. The van der Waals surface area contributed by atoms with Gasteiger partial charge in [0, 0.05) is 18.7 Å². The summed E-state index contributed by atoms with van der Waals surface area (Å²) in [5, 5.41) is 0.780. The second-order valence-corrected chi connectivity index (χ2v) is 11.4. The van der Waals surface area contributed by atoms with Gasteiger partial charge in [0.25, 0.3) is 6.29 Å². The molecule has 1 atom stereocenters. The molecule has 0 radical (unpaired) electrons. The number of thiazole rings is 1. The van der Waals surface area contributed by atoms with E-state index in [1.165, 1.54) is 22.4 Å². The van der Waals surface area contributed by atoms with Gasteiger partial charge in [0.2, 0.25) is 11.8 Å². The quantitative estimate of drug-likeness (QED) is 0.191. The van der Waals surface area contributed by atoms with Crippen molar-refractivity contribution in [3.8, 4) is 39.6 Å². The summed E-state index contributed by atoms with van der Waals surface area (Å²) in [7, 11) is 3.16. The van der Waals surface area contributed by atoms with Crippen molar-refractivity contribution < 1.29 is 28.5 Å². The highest BCUT2D eigenvalue weighted by Gasteiger charge is 2.30. The molecule has 1 aliphatic rings. The van der Waals surface area contributed by atoms with Crippen LogP contribution in [0.1, 0.15) is 11.1 Å². The Labute approximate surface area is 262 Å². The molecule has 6 aromatic rings. The van der Waals surface area contributed by atoms with E-state index in [2.05, 4.69) is 15.0 Å². The lowest BCUT2D eigenvalue weighted by atomic mass is 10.1. The highest BCUT2D eigenvalue weighted by Crippen LogP contribution is 2.46. The number of aryl methyl sites for hydroxylation is 2. The minimum Gasteiger partial charge on any atom is -0.480 e. The van der Waals surface area contributed by atoms with Gasteiger partial charge in [0.15, 0.2) is 18.1 Å². The fourth-order valence-corrected chi connectivity index (χ4v) is 6.11. The summed E-state index contributed by atoms with van der Waals surface area (Å²) in [5.41, 5.74) is 5.58. The largest absolute Gasteiger partial charge is 0.480 e. The van der Waals surface area contributed by atoms with E-state index in [1.54, 1.807) is 32.5 Å². The standard InChI is InChI=1S/C33H27N5O6S/c1-18-12-22(29-23(13-18)36-26(40-4)16-35-29)32-37-28-19(2)14-24-30(31(28)45-32)41-17-27(43-24)44-33(39)38(3)20-10-11-25(34-15-20)42-21-8-6-5-7-9-21/h5-16,27H,17H2,1-4H3. The Morgan fingerprint density at radius 3 is 2.60 bits per heavy atom. The van der Waals surface area contributed by atoms with Crippen molar-refractivity contribution in [2.45, 2.75) is 20.1 Å². The summed E-state index contributed by atoms with van der Waals surface area (Å²) in [6.45, 7) is 3.97. The van der Waals surface area contributed by atoms with Crippen LogP contribution in [0, 0.1) is 13.8 Å². The van der Waals surface area contributed by atoms with Gasteiger partial charge >= 0.3 is 6.09 Å². The molecule has 0 bridgehead atoms. The van der Waals surface area contributed by atoms with E-state index in [-0.39, 0.29) is 6.61 Å². The van der Waals surface area contributed by atoms with Crippen LogP contribution in [-0.4, -0.2) is 53.1 Å². The molecule has 0 saturated heterocycles. The monoisotopic (exact) mass is 621 g/mol. The van der Waals surface area contributed by atoms with Crippen molar-refractivity contribution in [3.63, 3.8) is 0 Å². The molecule has 0 N–H and O–H groups in total. The first-order valence-corrected chi connectivity index (χ1v) is 14.9. The van der Waals surface area contributed by atoms with Gasteiger partial charge in [-0.25, -0.2) is 24.7 Å². The average molecular weight is 622 g/mol. The molecule has 12 heteroatoms. The van der Waals surface area contributed by atoms with Crippen LogP contribution < -0.4 is 23.8 Å². The van der Waals surface area contributed by atoms with Gasteiger partial charge in [-0.3, -0.25) is 4.90 Å². The van der Waals surface area contributed by atoms with Crippen molar-refractivity contribution in [3.05, 3.63) is 84.2 Å². The number of ether oxygens (including phenoxy) is 5. The third-order valence-corrected chi connectivity index (χ3v) is 8.28. The Morgan fingerprint density at radius 2 is 1.82 bits per heavy atom. The molecule has 0 saturated carbocycles. The Kier molecular flexibility index (Phi) is 7.26. The number of aromatic nitrogens is 4. The summed E-state index contributed by atoms with van der Waals surface area (Å²) in [6.07, 6.45) is 1.57. The van der Waals surface area contributed by atoms with Crippen LogP contribution in [0.15, 0.2) is 73.1 Å². The van der Waals surface area contributed by atoms with Crippen molar-refractivity contribution in [1.82, 2.24) is 19.9 Å². The maximum Gasteiger partial charge on any atom is 0.417 e. The Morgan fingerprint density at radius 1 is 0.978 bits per heavy atom. The van der Waals surface area contributed by atoms with Gasteiger partial charge in [0.05, 0.1) is 41.7 Å². The van der Waals surface area contributed by atoms with E-state index in [1.807, 2.05) is 62.4 Å². The molecule has 0 spiro atoms. The van der Waals surface area contributed by atoms with Crippen LogP contribution in [0.5, 0.6) is 29.0 Å². The average Bonchev–Trinajstić information content (AvgIpc) is 3.51. The summed E-state index contributed by atoms with van der Waals surface area (Å²) in [4.78, 5) is 32.8. The summed E-state index contributed by atoms with van der Waals surface area (Å²) in [5.74, 6) is 2.56. The smallest absolute Gasteiger partial charge is 0.417 e. The zero-order valence-electron chi connectivity index (χ0n) is 24.8. The minimum absolute atomic E-state index is 0.0126. The molecule has 0 fully saturated rings. The number of fused-ring (bicyclic) bond motifs is 4. The third-order valence-electron chi connectivity index (χ3n) is 7.19. The number of anilines is 1. The Balaban J connectivity index is 1.09. The second kappa shape index (κ2) is 11.5. The van der Waals surface area contributed by atoms with Crippen LogP contribution in [0.4, 0.5) is 10.5 Å². The molecule has 3 aromatic carbocycles. The molecule has 45 heavy (non-hydrogen) atoms. The predicted octanol–water partition coefficient (Wildman–Crippen LogP) is 7.09. The predicted molar refractivity (Wildman–Crippen MR) is 170 cm³/mol. The van der Waals surface area contributed by atoms with Gasteiger partial charge in [-0.15, -0.1) is 11.3 Å². The Bertz CT molecular complexity index is 2050. The number of amides is 1. The first-order valence-electron chi connectivity index (χ1n) is 14.0. The maximum atomic E-state index is 13.0. The summed E-state index contributed by atoms with van der Waals surface area (Å²) >= 11 is 1.48. The second-order valence-electron chi connectivity index (χ2n) is 10.4. The Hall–Kier alpha value is -5.49. The number of para-hydroxylation sites is 1. The van der Waals surface area contributed by atoms with Crippen LogP contribution in [-0.2, 0) is 4.74 Å². The maximum absolute atomic E-state index is 13.0. The number of rotatable bonds is 6. The minimum atomic E-state index is -0.948. The van der Waals surface area contributed by atoms with Gasteiger partial charge in [-0.2, -0.15) is 0 Å². The van der Waals surface area contributed by atoms with Crippen molar-refractivity contribution in [2.24, 2.45) is 0 Å². The van der Waals surface area contributed by atoms with Crippen molar-refractivity contribution >= 4 is 44.4 Å². The fraction of sp³-hybridized carbons (Fsp3) is 0.182. The van der Waals surface area contributed by atoms with Crippen molar-refractivity contribution in [1.29, 1.82) is 0 Å². The molecular weight excluding hydrogens is 594 g/mol. The number of benzene rings is 3. The van der Waals surface area contributed by atoms with Crippen LogP contribution >= 0.6 is 11.3 Å². The molecule has 4 heterocycles. The van der Waals surface area contributed by atoms with Gasteiger partial charge in [0.1, 0.15) is 15.5 Å². The lowest BCUT2D eigenvalue weighted by Gasteiger charge is -2.28. The lowest BCUT2D eigenvalue weighted by Crippen LogP contribution is -2.38. The number of nitrogens with zero attached hydrogens (tertiary/aromatic N) is 5. The molecule has 11 nitrogen and oxygen atoms in total. The van der Waals surface area contributed by atoms with E-state index >= 15 is 0 Å². The first-order chi connectivity index (χ1) is 21.9. The molecule has 1 unspecified atom stereocenters. The normalized spacial score (nSPS) is 13.9. The molecule has 3 aromatic heterocycles. The number of carbonyl (C=O) groups excluding carboxylic acids is 1. The van der Waals surface area contributed by atoms with Crippen LogP contribution in [0.3, 0.4) is 0 Å². The summed E-state index contributed by atoms with van der Waals surface area (Å²) in [6, 6.07) is 18.6. The third kappa shape index (κ3) is 5.51. The molecule has 7 rings (SSSR count). The highest BCUT2D eigenvalue weighted by molar-refractivity contribution is 7.22. The molecule has 226 valence electrons. The van der Waals surface area contributed by atoms with E-state index in [0.717, 1.165) is 42.9 Å². The van der Waals surface area contributed by atoms with E-state index in [9.17, 15) is 4.79 Å². The van der Waals surface area contributed by atoms with E-state index in [0.29, 0.717) is 34.7 Å². The molecule has 0 aliphatic carbocycles. The number of hydrogen-bond acceptors (Lipinski definition) is 11.